The van der Waals surface area contributed by atoms with Gasteiger partial charge in [-0.25, -0.2) is 4.79 Å². The van der Waals surface area contributed by atoms with E-state index in [-0.39, 0.29) is 5.97 Å². The van der Waals surface area contributed by atoms with E-state index >= 15 is 0 Å². The van der Waals surface area contributed by atoms with Crippen LogP contribution in [0.3, 0.4) is 0 Å². The van der Waals surface area contributed by atoms with Gasteiger partial charge in [0.25, 0.3) is 0 Å². The molecule has 0 bridgehead atoms. The molecular weight excluding hydrogens is 222 g/mol. The molecule has 0 aromatic carbocycles. The SMILES string of the molecule is CC[C@@H]1CCc2c(sc(N)c2C(=O)OC)C1. The molecule has 0 saturated carbocycles. The van der Waals surface area contributed by atoms with Gasteiger partial charge in [-0.2, -0.15) is 0 Å². The Bertz CT molecular complexity index is 411. The second-order valence-electron chi connectivity index (χ2n) is 4.25. The summed E-state index contributed by atoms with van der Waals surface area (Å²) in [6.45, 7) is 2.22. The molecule has 2 N–H and O–H groups in total. The number of carbonyl (C=O) groups excluding carboxylic acids is 1. The van der Waals surface area contributed by atoms with Crippen LogP contribution in [0.5, 0.6) is 0 Å². The summed E-state index contributed by atoms with van der Waals surface area (Å²) in [5.74, 6) is 0.459. The number of esters is 1. The third-order valence-corrected chi connectivity index (χ3v) is 4.44. The number of rotatable bonds is 2. The molecule has 0 unspecified atom stereocenters. The lowest BCUT2D eigenvalue weighted by Crippen LogP contribution is -2.14. The van der Waals surface area contributed by atoms with E-state index in [0.29, 0.717) is 10.6 Å². The molecule has 0 aliphatic heterocycles. The van der Waals surface area contributed by atoms with Gasteiger partial charge in [0, 0.05) is 4.88 Å². The fraction of sp³-hybridized carbons (Fsp3) is 0.583. The third kappa shape index (κ3) is 1.82. The van der Waals surface area contributed by atoms with Crippen molar-refractivity contribution in [2.45, 2.75) is 32.6 Å². The van der Waals surface area contributed by atoms with Crippen molar-refractivity contribution in [1.82, 2.24) is 0 Å². The van der Waals surface area contributed by atoms with E-state index in [0.717, 1.165) is 30.7 Å². The second kappa shape index (κ2) is 4.45. The molecular formula is C12H17NO2S. The lowest BCUT2D eigenvalue weighted by molar-refractivity contribution is 0.0601. The molecule has 1 aliphatic carbocycles. The first kappa shape index (κ1) is 11.5. The van der Waals surface area contributed by atoms with Gasteiger partial charge >= 0.3 is 5.97 Å². The average molecular weight is 239 g/mol. The maximum atomic E-state index is 11.6. The van der Waals surface area contributed by atoms with Crippen molar-refractivity contribution in [2.75, 3.05) is 12.8 Å². The molecule has 1 atom stereocenters. The zero-order chi connectivity index (χ0) is 11.7. The number of hydrogen-bond donors (Lipinski definition) is 1. The molecule has 1 heterocycles. The van der Waals surface area contributed by atoms with Gasteiger partial charge in [0.2, 0.25) is 0 Å². The minimum Gasteiger partial charge on any atom is -0.465 e. The summed E-state index contributed by atoms with van der Waals surface area (Å²) in [5, 5.41) is 0.619. The van der Waals surface area contributed by atoms with Gasteiger partial charge in [0.1, 0.15) is 5.00 Å². The van der Waals surface area contributed by atoms with Crippen LogP contribution in [0.4, 0.5) is 5.00 Å². The number of nitrogen functional groups attached to an aromatic ring is 1. The van der Waals surface area contributed by atoms with E-state index in [1.165, 1.54) is 18.4 Å². The number of fused-ring (bicyclic) bond motifs is 1. The van der Waals surface area contributed by atoms with Crippen molar-refractivity contribution >= 4 is 22.3 Å². The number of hydrogen-bond acceptors (Lipinski definition) is 4. The van der Waals surface area contributed by atoms with Crippen LogP contribution in [0.25, 0.3) is 0 Å². The normalized spacial score (nSPS) is 19.2. The topological polar surface area (TPSA) is 52.3 Å². The van der Waals surface area contributed by atoms with Crippen LogP contribution in [0.1, 0.15) is 40.6 Å². The van der Waals surface area contributed by atoms with Crippen LogP contribution >= 0.6 is 11.3 Å². The van der Waals surface area contributed by atoms with Crippen LogP contribution in [0.15, 0.2) is 0 Å². The first-order valence-electron chi connectivity index (χ1n) is 5.65. The number of methoxy groups -OCH3 is 1. The molecule has 16 heavy (non-hydrogen) atoms. The second-order valence-corrected chi connectivity index (χ2v) is 5.39. The van der Waals surface area contributed by atoms with E-state index in [2.05, 4.69) is 6.92 Å². The molecule has 2 rings (SSSR count). The van der Waals surface area contributed by atoms with Gasteiger partial charge in [-0.3, -0.25) is 0 Å². The van der Waals surface area contributed by atoms with Gasteiger partial charge in [-0.05, 0) is 30.7 Å². The molecule has 0 radical (unpaired) electrons. The fourth-order valence-electron chi connectivity index (χ4n) is 2.35. The summed E-state index contributed by atoms with van der Waals surface area (Å²) < 4.78 is 4.78. The molecule has 0 spiro atoms. The zero-order valence-electron chi connectivity index (χ0n) is 9.71. The van der Waals surface area contributed by atoms with Crippen LogP contribution in [-0.4, -0.2) is 13.1 Å². The van der Waals surface area contributed by atoms with Crippen LogP contribution in [0.2, 0.25) is 0 Å². The molecule has 88 valence electrons. The van der Waals surface area contributed by atoms with Crippen LogP contribution < -0.4 is 5.73 Å². The predicted octanol–water partition coefficient (Wildman–Crippen LogP) is 2.63. The van der Waals surface area contributed by atoms with Gasteiger partial charge in [-0.1, -0.05) is 13.3 Å². The Morgan fingerprint density at radius 2 is 2.38 bits per heavy atom. The Morgan fingerprint density at radius 1 is 1.62 bits per heavy atom. The number of carbonyl (C=O) groups is 1. The summed E-state index contributed by atoms with van der Waals surface area (Å²) in [7, 11) is 1.41. The first-order valence-corrected chi connectivity index (χ1v) is 6.47. The molecule has 4 heteroatoms. The summed E-state index contributed by atoms with van der Waals surface area (Å²) in [6, 6.07) is 0. The summed E-state index contributed by atoms with van der Waals surface area (Å²) in [4.78, 5) is 12.9. The van der Waals surface area contributed by atoms with E-state index in [1.807, 2.05) is 0 Å². The lowest BCUT2D eigenvalue weighted by atomic mass is 9.86. The molecule has 0 saturated heterocycles. The molecule has 0 fully saturated rings. The minimum atomic E-state index is -0.287. The Labute approximate surface area is 99.6 Å². The Hall–Kier alpha value is -1.03. The smallest absolute Gasteiger partial charge is 0.341 e. The van der Waals surface area contributed by atoms with Crippen LogP contribution in [-0.2, 0) is 17.6 Å². The lowest BCUT2D eigenvalue weighted by Gasteiger charge is -2.20. The van der Waals surface area contributed by atoms with Gasteiger partial charge < -0.3 is 10.5 Å². The predicted molar refractivity (Wildman–Crippen MR) is 65.9 cm³/mol. The summed E-state index contributed by atoms with van der Waals surface area (Å²) in [5.41, 5.74) is 7.66. The number of ether oxygens (including phenoxy) is 1. The molecule has 1 aromatic heterocycles. The average Bonchev–Trinajstić information content (AvgIpc) is 2.62. The monoisotopic (exact) mass is 239 g/mol. The molecule has 3 nitrogen and oxygen atoms in total. The van der Waals surface area contributed by atoms with Crippen molar-refractivity contribution in [1.29, 1.82) is 0 Å². The number of thiophene rings is 1. The molecule has 0 amide bonds. The minimum absolute atomic E-state index is 0.287. The third-order valence-electron chi connectivity index (χ3n) is 3.36. The fourth-order valence-corrected chi connectivity index (χ4v) is 3.57. The first-order chi connectivity index (χ1) is 7.67. The maximum absolute atomic E-state index is 11.6. The highest BCUT2D eigenvalue weighted by atomic mass is 32.1. The van der Waals surface area contributed by atoms with Crippen LogP contribution in [0, 0.1) is 5.92 Å². The molecule has 1 aromatic rings. The molecule has 1 aliphatic rings. The van der Waals surface area contributed by atoms with Crippen molar-refractivity contribution in [3.63, 3.8) is 0 Å². The van der Waals surface area contributed by atoms with E-state index in [4.69, 9.17) is 10.5 Å². The standard InChI is InChI=1S/C12H17NO2S/c1-3-7-4-5-8-9(6-7)16-11(13)10(8)12(14)15-2/h7H,3-6,13H2,1-2H3/t7-/m1/s1. The number of nitrogens with two attached hydrogens (primary N) is 1. The largest absolute Gasteiger partial charge is 0.465 e. The highest BCUT2D eigenvalue weighted by Gasteiger charge is 2.27. The van der Waals surface area contributed by atoms with Gasteiger partial charge in [0.15, 0.2) is 0 Å². The van der Waals surface area contributed by atoms with Crippen molar-refractivity contribution in [2.24, 2.45) is 5.92 Å². The van der Waals surface area contributed by atoms with E-state index in [9.17, 15) is 4.79 Å². The Kier molecular flexibility index (Phi) is 3.19. The quantitative estimate of drug-likeness (QED) is 0.807. The van der Waals surface area contributed by atoms with Gasteiger partial charge in [0.05, 0.1) is 12.7 Å². The van der Waals surface area contributed by atoms with Crippen molar-refractivity contribution in [3.05, 3.63) is 16.0 Å². The summed E-state index contributed by atoms with van der Waals surface area (Å²) >= 11 is 1.56. The van der Waals surface area contributed by atoms with Crippen molar-refractivity contribution < 1.29 is 9.53 Å². The highest BCUT2D eigenvalue weighted by Crippen LogP contribution is 2.39. The van der Waals surface area contributed by atoms with Gasteiger partial charge in [-0.15, -0.1) is 11.3 Å². The van der Waals surface area contributed by atoms with Crippen molar-refractivity contribution in [3.8, 4) is 0 Å². The van der Waals surface area contributed by atoms with E-state index < -0.39 is 0 Å². The number of anilines is 1. The Morgan fingerprint density at radius 3 is 3.00 bits per heavy atom. The maximum Gasteiger partial charge on any atom is 0.341 e. The highest BCUT2D eigenvalue weighted by molar-refractivity contribution is 7.16. The summed E-state index contributed by atoms with van der Waals surface area (Å²) in [6.07, 6.45) is 4.39. The zero-order valence-corrected chi connectivity index (χ0v) is 10.5. The Balaban J connectivity index is 2.36. The van der Waals surface area contributed by atoms with E-state index in [1.54, 1.807) is 11.3 Å².